The largest absolute Gasteiger partial charge is 0.493 e. The van der Waals surface area contributed by atoms with E-state index < -0.39 is 0 Å². The van der Waals surface area contributed by atoms with Crippen LogP contribution in [0.1, 0.15) is 12.6 Å². The van der Waals surface area contributed by atoms with Crippen molar-refractivity contribution in [2.45, 2.75) is 13.5 Å². The molecule has 0 aliphatic rings. The number of urea groups is 1. The molecule has 0 spiro atoms. The Morgan fingerprint density at radius 2 is 1.79 bits per heavy atom. The molecule has 1 heterocycles. The lowest BCUT2D eigenvalue weighted by Crippen LogP contribution is -2.41. The highest BCUT2D eigenvalue weighted by Crippen LogP contribution is 2.41. The Morgan fingerprint density at radius 3 is 2.32 bits per heavy atom. The van der Waals surface area contributed by atoms with Crippen LogP contribution in [-0.4, -0.2) is 64.2 Å². The highest BCUT2D eigenvalue weighted by molar-refractivity contribution is 5.74. The van der Waals surface area contributed by atoms with Gasteiger partial charge in [0.25, 0.3) is 0 Å². The predicted molar refractivity (Wildman–Crippen MR) is 103 cm³/mol. The average molecular weight is 393 g/mol. The Kier molecular flexibility index (Phi) is 7.94. The molecule has 9 nitrogen and oxygen atoms in total. The van der Waals surface area contributed by atoms with Gasteiger partial charge in [0.2, 0.25) is 5.75 Å². The van der Waals surface area contributed by atoms with Crippen LogP contribution in [-0.2, 0) is 11.3 Å². The summed E-state index contributed by atoms with van der Waals surface area (Å²) in [5.41, 5.74) is 1.33. The van der Waals surface area contributed by atoms with Crippen LogP contribution in [0.5, 0.6) is 17.2 Å². The number of benzene rings is 1. The topological polar surface area (TPSA) is 95.3 Å². The number of ether oxygens (including phenoxy) is 4. The standard InChI is InChI=1S/C19H27N3O6/c1-6-20-19(23)22(7-8-24-2)12-14-11-15(28-21-14)13-9-16(25-3)18(27-5)17(10-13)26-4/h9-11H,6-8,12H2,1-5H3,(H,20,23). The van der Waals surface area contributed by atoms with Gasteiger partial charge in [0, 0.05) is 31.8 Å². The molecule has 2 rings (SSSR count). The van der Waals surface area contributed by atoms with Crippen LogP contribution in [0.15, 0.2) is 22.7 Å². The van der Waals surface area contributed by atoms with E-state index in [2.05, 4.69) is 10.5 Å². The van der Waals surface area contributed by atoms with Gasteiger partial charge in [0.1, 0.15) is 5.69 Å². The van der Waals surface area contributed by atoms with Crippen LogP contribution < -0.4 is 19.5 Å². The average Bonchev–Trinajstić information content (AvgIpc) is 3.18. The molecule has 1 N–H and O–H groups in total. The minimum atomic E-state index is -0.183. The van der Waals surface area contributed by atoms with E-state index in [4.69, 9.17) is 23.5 Å². The van der Waals surface area contributed by atoms with Gasteiger partial charge in [-0.1, -0.05) is 5.16 Å². The number of hydrogen-bond donors (Lipinski definition) is 1. The minimum Gasteiger partial charge on any atom is -0.493 e. The summed E-state index contributed by atoms with van der Waals surface area (Å²) in [6.07, 6.45) is 0. The first-order valence-electron chi connectivity index (χ1n) is 8.85. The number of amides is 2. The summed E-state index contributed by atoms with van der Waals surface area (Å²) >= 11 is 0. The van der Waals surface area contributed by atoms with E-state index in [1.165, 1.54) is 0 Å². The predicted octanol–water partition coefficient (Wildman–Crippen LogP) is 2.55. The number of nitrogens with one attached hydrogen (secondary N) is 1. The second-order valence-electron chi connectivity index (χ2n) is 5.85. The van der Waals surface area contributed by atoms with Gasteiger partial charge in [0.05, 0.1) is 34.5 Å². The van der Waals surface area contributed by atoms with Gasteiger partial charge in [-0.25, -0.2) is 4.79 Å². The maximum Gasteiger partial charge on any atom is 0.317 e. The fourth-order valence-corrected chi connectivity index (χ4v) is 2.66. The summed E-state index contributed by atoms with van der Waals surface area (Å²) in [5.74, 6) is 2.05. The van der Waals surface area contributed by atoms with Crippen molar-refractivity contribution in [2.75, 3.05) is 48.1 Å². The smallest absolute Gasteiger partial charge is 0.317 e. The number of carbonyl (C=O) groups is 1. The number of carbonyl (C=O) groups excluding carboxylic acids is 1. The number of nitrogens with zero attached hydrogens (tertiary/aromatic N) is 2. The number of aromatic nitrogens is 1. The van der Waals surface area contributed by atoms with Crippen molar-refractivity contribution in [2.24, 2.45) is 0 Å². The molecule has 28 heavy (non-hydrogen) atoms. The van der Waals surface area contributed by atoms with Gasteiger partial charge in [-0.3, -0.25) is 0 Å². The van der Waals surface area contributed by atoms with Crippen LogP contribution >= 0.6 is 0 Å². The first kappa shape index (κ1) is 21.4. The minimum absolute atomic E-state index is 0.183. The molecule has 2 amide bonds. The Hall–Kier alpha value is -2.94. The normalized spacial score (nSPS) is 10.5. The van der Waals surface area contributed by atoms with Crippen molar-refractivity contribution >= 4 is 6.03 Å². The van der Waals surface area contributed by atoms with E-state index in [-0.39, 0.29) is 6.03 Å². The third kappa shape index (κ3) is 5.07. The molecular weight excluding hydrogens is 366 g/mol. The van der Waals surface area contributed by atoms with Crippen molar-refractivity contribution < 1.29 is 28.3 Å². The molecule has 0 unspecified atom stereocenters. The molecule has 0 bridgehead atoms. The van der Waals surface area contributed by atoms with Crippen LogP contribution in [0.4, 0.5) is 4.79 Å². The quantitative estimate of drug-likeness (QED) is 0.663. The van der Waals surface area contributed by atoms with Gasteiger partial charge >= 0.3 is 6.03 Å². The summed E-state index contributed by atoms with van der Waals surface area (Å²) < 4.78 is 26.6. The molecule has 0 aliphatic heterocycles. The second kappa shape index (κ2) is 10.4. The van der Waals surface area contributed by atoms with Gasteiger partial charge in [-0.2, -0.15) is 0 Å². The van der Waals surface area contributed by atoms with E-state index in [1.807, 2.05) is 6.92 Å². The van der Waals surface area contributed by atoms with E-state index in [9.17, 15) is 4.79 Å². The third-order valence-electron chi connectivity index (χ3n) is 4.04. The summed E-state index contributed by atoms with van der Waals surface area (Å²) in [6, 6.07) is 5.15. The Labute approximate surface area is 164 Å². The third-order valence-corrected chi connectivity index (χ3v) is 4.04. The zero-order chi connectivity index (χ0) is 20.5. The molecule has 9 heteroatoms. The van der Waals surface area contributed by atoms with Gasteiger partial charge in [-0.05, 0) is 19.1 Å². The zero-order valence-electron chi connectivity index (χ0n) is 16.9. The van der Waals surface area contributed by atoms with E-state index in [0.717, 1.165) is 5.56 Å². The molecule has 0 atom stereocenters. The maximum absolute atomic E-state index is 12.2. The van der Waals surface area contributed by atoms with Gasteiger partial charge in [-0.15, -0.1) is 0 Å². The monoisotopic (exact) mass is 393 g/mol. The molecule has 0 radical (unpaired) electrons. The van der Waals surface area contributed by atoms with E-state index in [0.29, 0.717) is 54.9 Å². The SMILES string of the molecule is CCNC(=O)N(CCOC)Cc1cc(-c2cc(OC)c(OC)c(OC)c2)on1. The van der Waals surface area contributed by atoms with Crippen molar-refractivity contribution in [3.8, 4) is 28.6 Å². The number of methoxy groups -OCH3 is 4. The van der Waals surface area contributed by atoms with Crippen LogP contribution in [0.25, 0.3) is 11.3 Å². The highest BCUT2D eigenvalue weighted by Gasteiger charge is 2.19. The molecule has 0 aliphatic carbocycles. The second-order valence-corrected chi connectivity index (χ2v) is 5.85. The highest BCUT2D eigenvalue weighted by atomic mass is 16.5. The van der Waals surface area contributed by atoms with Crippen molar-refractivity contribution in [3.05, 3.63) is 23.9 Å². The number of hydrogen-bond acceptors (Lipinski definition) is 7. The van der Waals surface area contributed by atoms with E-state index in [1.54, 1.807) is 51.5 Å². The molecule has 0 saturated heterocycles. The fraction of sp³-hybridized carbons (Fsp3) is 0.474. The Morgan fingerprint density at radius 1 is 1.11 bits per heavy atom. The van der Waals surface area contributed by atoms with Crippen LogP contribution in [0.2, 0.25) is 0 Å². The first-order chi connectivity index (χ1) is 13.6. The number of rotatable bonds is 10. The zero-order valence-corrected chi connectivity index (χ0v) is 16.9. The lowest BCUT2D eigenvalue weighted by atomic mass is 10.1. The Bertz CT molecular complexity index is 752. The van der Waals surface area contributed by atoms with Crippen molar-refractivity contribution in [1.82, 2.24) is 15.4 Å². The lowest BCUT2D eigenvalue weighted by molar-refractivity contribution is 0.145. The molecular formula is C19H27N3O6. The molecule has 2 aromatic rings. The van der Waals surface area contributed by atoms with Gasteiger partial charge < -0.3 is 33.7 Å². The van der Waals surface area contributed by atoms with Gasteiger partial charge in [0.15, 0.2) is 17.3 Å². The van der Waals surface area contributed by atoms with Crippen LogP contribution in [0, 0.1) is 0 Å². The summed E-state index contributed by atoms with van der Waals surface area (Å²) in [6.45, 7) is 3.56. The first-order valence-corrected chi connectivity index (χ1v) is 8.85. The summed E-state index contributed by atoms with van der Waals surface area (Å²) in [7, 11) is 6.23. The summed E-state index contributed by atoms with van der Waals surface area (Å²) in [4.78, 5) is 13.8. The Balaban J connectivity index is 2.26. The van der Waals surface area contributed by atoms with E-state index >= 15 is 0 Å². The lowest BCUT2D eigenvalue weighted by Gasteiger charge is -2.21. The molecule has 154 valence electrons. The molecule has 1 aromatic heterocycles. The molecule has 0 fully saturated rings. The fourth-order valence-electron chi connectivity index (χ4n) is 2.66. The molecule has 0 saturated carbocycles. The maximum atomic E-state index is 12.2. The van der Waals surface area contributed by atoms with Crippen LogP contribution in [0.3, 0.4) is 0 Å². The van der Waals surface area contributed by atoms with Crippen molar-refractivity contribution in [1.29, 1.82) is 0 Å². The van der Waals surface area contributed by atoms with Crippen molar-refractivity contribution in [3.63, 3.8) is 0 Å². The summed E-state index contributed by atoms with van der Waals surface area (Å²) in [5, 5.41) is 6.87. The molecule has 1 aromatic carbocycles.